The van der Waals surface area contributed by atoms with Gasteiger partial charge in [-0.3, -0.25) is 9.59 Å². The van der Waals surface area contributed by atoms with Crippen LogP contribution in [0.5, 0.6) is 0 Å². The third kappa shape index (κ3) is 8.12. The van der Waals surface area contributed by atoms with Crippen LogP contribution in [0, 0.1) is 5.92 Å². The van der Waals surface area contributed by atoms with Crippen molar-refractivity contribution < 1.29 is 28.5 Å². The first-order chi connectivity index (χ1) is 9.58. The summed E-state index contributed by atoms with van der Waals surface area (Å²) in [4.78, 5) is 22.9. The standard InChI is InChI=1S/C14H24O6/c1-11(2)6-7-19-13(15)4-3-5-14(16)20-12-8-17-10-18-9-12/h11-12H,3-10H2,1-2H3. The van der Waals surface area contributed by atoms with Crippen LogP contribution in [0.4, 0.5) is 0 Å². The second kappa shape index (κ2) is 9.72. The molecule has 1 fully saturated rings. The second-order valence-electron chi connectivity index (χ2n) is 5.23. The lowest BCUT2D eigenvalue weighted by molar-refractivity contribution is -0.183. The van der Waals surface area contributed by atoms with Gasteiger partial charge in [-0.25, -0.2) is 0 Å². The van der Waals surface area contributed by atoms with Crippen LogP contribution in [-0.4, -0.2) is 44.7 Å². The summed E-state index contributed by atoms with van der Waals surface area (Å²) in [6.45, 7) is 5.56. The molecule has 20 heavy (non-hydrogen) atoms. The molecule has 0 radical (unpaired) electrons. The molecule has 0 bridgehead atoms. The van der Waals surface area contributed by atoms with E-state index < -0.39 is 0 Å². The molecule has 116 valence electrons. The number of carbonyl (C=O) groups excluding carboxylic acids is 2. The fourth-order valence-electron chi connectivity index (χ4n) is 1.64. The van der Waals surface area contributed by atoms with Crippen molar-refractivity contribution in [2.45, 2.75) is 45.6 Å². The predicted octanol–water partition coefficient (Wildman–Crippen LogP) is 1.66. The Morgan fingerprint density at radius 3 is 2.45 bits per heavy atom. The first kappa shape index (κ1) is 16.9. The molecule has 1 rings (SSSR count). The van der Waals surface area contributed by atoms with Gasteiger partial charge in [0.15, 0.2) is 0 Å². The first-order valence-corrected chi connectivity index (χ1v) is 7.08. The maximum absolute atomic E-state index is 11.5. The zero-order chi connectivity index (χ0) is 14.8. The summed E-state index contributed by atoms with van der Waals surface area (Å²) in [6, 6.07) is 0. The van der Waals surface area contributed by atoms with Crippen LogP contribution in [-0.2, 0) is 28.5 Å². The summed E-state index contributed by atoms with van der Waals surface area (Å²) >= 11 is 0. The summed E-state index contributed by atoms with van der Waals surface area (Å²) < 4.78 is 20.2. The SMILES string of the molecule is CC(C)CCOC(=O)CCCC(=O)OC1COCOC1. The van der Waals surface area contributed by atoms with Crippen LogP contribution in [0.1, 0.15) is 39.5 Å². The summed E-state index contributed by atoms with van der Waals surface area (Å²) in [7, 11) is 0. The van der Waals surface area contributed by atoms with Gasteiger partial charge in [0.25, 0.3) is 0 Å². The molecule has 0 spiro atoms. The van der Waals surface area contributed by atoms with Crippen molar-refractivity contribution in [3.8, 4) is 0 Å². The van der Waals surface area contributed by atoms with Gasteiger partial charge in [-0.2, -0.15) is 0 Å². The molecule has 0 aromatic heterocycles. The quantitative estimate of drug-likeness (QED) is 0.633. The Bertz CT molecular complexity index is 296. The van der Waals surface area contributed by atoms with E-state index in [1.54, 1.807) is 0 Å². The van der Waals surface area contributed by atoms with Gasteiger partial charge >= 0.3 is 11.9 Å². The number of hydrogen-bond acceptors (Lipinski definition) is 6. The van der Waals surface area contributed by atoms with Crippen LogP contribution in [0.15, 0.2) is 0 Å². The van der Waals surface area contributed by atoms with E-state index in [0.29, 0.717) is 32.2 Å². The molecule has 0 aromatic carbocycles. The normalized spacial score (nSPS) is 16.1. The largest absolute Gasteiger partial charge is 0.466 e. The van der Waals surface area contributed by atoms with Gasteiger partial charge in [-0.05, 0) is 18.8 Å². The highest BCUT2D eigenvalue weighted by Crippen LogP contribution is 2.06. The maximum atomic E-state index is 11.5. The monoisotopic (exact) mass is 288 g/mol. The minimum absolute atomic E-state index is 0.204. The van der Waals surface area contributed by atoms with E-state index in [1.165, 1.54) is 0 Å². The number of carbonyl (C=O) groups is 2. The number of hydrogen-bond donors (Lipinski definition) is 0. The highest BCUT2D eigenvalue weighted by atomic mass is 16.7. The van der Waals surface area contributed by atoms with Crippen molar-refractivity contribution in [2.75, 3.05) is 26.6 Å². The lowest BCUT2D eigenvalue weighted by Crippen LogP contribution is -2.33. The van der Waals surface area contributed by atoms with Crippen LogP contribution >= 0.6 is 0 Å². The average Bonchev–Trinajstić information content (AvgIpc) is 2.39. The molecule has 0 amide bonds. The van der Waals surface area contributed by atoms with Gasteiger partial charge in [0.1, 0.15) is 12.9 Å². The lowest BCUT2D eigenvalue weighted by atomic mass is 10.1. The van der Waals surface area contributed by atoms with Gasteiger partial charge in [-0.1, -0.05) is 13.8 Å². The van der Waals surface area contributed by atoms with Crippen molar-refractivity contribution >= 4 is 11.9 Å². The number of rotatable bonds is 8. The molecule has 1 heterocycles. The Labute approximate surface area is 119 Å². The van der Waals surface area contributed by atoms with Gasteiger partial charge in [0.05, 0.1) is 19.8 Å². The topological polar surface area (TPSA) is 71.1 Å². The molecule has 6 nitrogen and oxygen atoms in total. The summed E-state index contributed by atoms with van der Waals surface area (Å²) in [5.74, 6) is -0.0837. The highest BCUT2D eigenvalue weighted by Gasteiger charge is 2.18. The fourth-order valence-corrected chi connectivity index (χ4v) is 1.64. The first-order valence-electron chi connectivity index (χ1n) is 7.08. The van der Waals surface area contributed by atoms with E-state index >= 15 is 0 Å². The van der Waals surface area contributed by atoms with Gasteiger partial charge in [0, 0.05) is 12.8 Å². The molecule has 0 aliphatic carbocycles. The van der Waals surface area contributed by atoms with E-state index in [1.807, 2.05) is 0 Å². The van der Waals surface area contributed by atoms with Crippen LogP contribution in [0.3, 0.4) is 0 Å². The molecular formula is C14H24O6. The molecule has 0 saturated carbocycles. The molecule has 0 aromatic rings. The predicted molar refractivity (Wildman–Crippen MR) is 70.9 cm³/mol. The fraction of sp³-hybridized carbons (Fsp3) is 0.857. The minimum atomic E-state index is -0.339. The van der Waals surface area contributed by atoms with Crippen molar-refractivity contribution in [1.29, 1.82) is 0 Å². The van der Waals surface area contributed by atoms with Crippen molar-refractivity contribution in [3.63, 3.8) is 0 Å². The molecule has 0 N–H and O–H groups in total. The third-order valence-electron chi connectivity index (χ3n) is 2.79. The zero-order valence-electron chi connectivity index (χ0n) is 12.3. The van der Waals surface area contributed by atoms with E-state index in [-0.39, 0.29) is 37.7 Å². The van der Waals surface area contributed by atoms with E-state index in [2.05, 4.69) is 13.8 Å². The van der Waals surface area contributed by atoms with Crippen molar-refractivity contribution in [2.24, 2.45) is 5.92 Å². The van der Waals surface area contributed by atoms with Crippen molar-refractivity contribution in [3.05, 3.63) is 0 Å². The molecule has 1 aliphatic heterocycles. The Morgan fingerprint density at radius 2 is 1.80 bits per heavy atom. The van der Waals surface area contributed by atoms with Crippen LogP contribution in [0.25, 0.3) is 0 Å². The molecular weight excluding hydrogens is 264 g/mol. The Balaban J connectivity index is 2.01. The Hall–Kier alpha value is -1.14. The Morgan fingerprint density at radius 1 is 1.15 bits per heavy atom. The Kier molecular flexibility index (Phi) is 8.22. The molecule has 1 saturated heterocycles. The molecule has 1 aliphatic rings. The average molecular weight is 288 g/mol. The van der Waals surface area contributed by atoms with E-state index in [9.17, 15) is 9.59 Å². The van der Waals surface area contributed by atoms with Crippen molar-refractivity contribution in [1.82, 2.24) is 0 Å². The summed E-state index contributed by atoms with van der Waals surface area (Å²) in [6.07, 6.45) is 1.40. The van der Waals surface area contributed by atoms with E-state index in [4.69, 9.17) is 18.9 Å². The highest BCUT2D eigenvalue weighted by molar-refractivity contribution is 5.72. The summed E-state index contributed by atoms with van der Waals surface area (Å²) in [5, 5.41) is 0. The summed E-state index contributed by atoms with van der Waals surface area (Å²) in [5.41, 5.74) is 0. The second-order valence-corrected chi connectivity index (χ2v) is 5.23. The van der Waals surface area contributed by atoms with Gasteiger partial charge in [-0.15, -0.1) is 0 Å². The maximum Gasteiger partial charge on any atom is 0.306 e. The minimum Gasteiger partial charge on any atom is -0.466 e. The number of esters is 2. The zero-order valence-corrected chi connectivity index (χ0v) is 12.3. The van der Waals surface area contributed by atoms with Crippen LogP contribution < -0.4 is 0 Å². The molecule has 6 heteroatoms. The molecule has 0 unspecified atom stereocenters. The number of ether oxygens (including phenoxy) is 4. The van der Waals surface area contributed by atoms with Gasteiger partial charge < -0.3 is 18.9 Å². The van der Waals surface area contributed by atoms with E-state index in [0.717, 1.165) is 6.42 Å². The smallest absolute Gasteiger partial charge is 0.306 e. The molecule has 0 atom stereocenters. The third-order valence-corrected chi connectivity index (χ3v) is 2.79. The lowest BCUT2D eigenvalue weighted by Gasteiger charge is -2.22. The van der Waals surface area contributed by atoms with Crippen LogP contribution in [0.2, 0.25) is 0 Å². The van der Waals surface area contributed by atoms with Gasteiger partial charge in [0.2, 0.25) is 0 Å².